The SMILES string of the molecule is C#CC(CC)NCC1(CCOC)CC1. The van der Waals surface area contributed by atoms with Crippen LogP contribution in [0.2, 0.25) is 0 Å². The van der Waals surface area contributed by atoms with E-state index in [1.54, 1.807) is 7.11 Å². The molecule has 1 rings (SSSR count). The topological polar surface area (TPSA) is 21.3 Å². The van der Waals surface area contributed by atoms with Crippen LogP contribution in [-0.2, 0) is 4.74 Å². The van der Waals surface area contributed by atoms with Gasteiger partial charge in [-0.05, 0) is 31.1 Å². The van der Waals surface area contributed by atoms with Crippen molar-refractivity contribution in [3.8, 4) is 12.3 Å². The Kier molecular flexibility index (Phi) is 4.44. The van der Waals surface area contributed by atoms with Crippen molar-refractivity contribution < 1.29 is 4.74 Å². The van der Waals surface area contributed by atoms with E-state index in [4.69, 9.17) is 11.2 Å². The van der Waals surface area contributed by atoms with Crippen LogP contribution in [0.5, 0.6) is 0 Å². The molecule has 0 aromatic carbocycles. The molecule has 0 aromatic rings. The Morgan fingerprint density at radius 3 is 2.71 bits per heavy atom. The van der Waals surface area contributed by atoms with Crippen LogP contribution in [0.4, 0.5) is 0 Å². The monoisotopic (exact) mass is 195 g/mol. The second-order valence-electron chi connectivity index (χ2n) is 4.25. The van der Waals surface area contributed by atoms with Gasteiger partial charge in [0.2, 0.25) is 0 Å². The molecule has 0 bridgehead atoms. The Bertz CT molecular complexity index is 203. The third-order valence-electron chi connectivity index (χ3n) is 3.13. The maximum Gasteiger partial charge on any atom is 0.0684 e. The standard InChI is InChI=1S/C12H21NO/c1-4-11(5-2)13-10-12(6-7-12)8-9-14-3/h1,11,13H,5-10H2,2-3H3. The first-order valence-electron chi connectivity index (χ1n) is 5.45. The van der Waals surface area contributed by atoms with E-state index >= 15 is 0 Å². The molecule has 1 atom stereocenters. The summed E-state index contributed by atoms with van der Waals surface area (Å²) >= 11 is 0. The highest BCUT2D eigenvalue weighted by Gasteiger charge is 2.41. The largest absolute Gasteiger partial charge is 0.385 e. The van der Waals surface area contributed by atoms with Crippen LogP contribution in [0.1, 0.15) is 32.6 Å². The Morgan fingerprint density at radius 2 is 2.29 bits per heavy atom. The summed E-state index contributed by atoms with van der Waals surface area (Å²) in [5.74, 6) is 2.77. The van der Waals surface area contributed by atoms with E-state index in [9.17, 15) is 0 Å². The lowest BCUT2D eigenvalue weighted by Gasteiger charge is -2.18. The lowest BCUT2D eigenvalue weighted by molar-refractivity contribution is 0.171. The smallest absolute Gasteiger partial charge is 0.0684 e. The summed E-state index contributed by atoms with van der Waals surface area (Å²) in [5.41, 5.74) is 0.500. The third-order valence-corrected chi connectivity index (χ3v) is 3.13. The summed E-state index contributed by atoms with van der Waals surface area (Å²) in [5, 5.41) is 3.44. The van der Waals surface area contributed by atoms with Crippen LogP contribution in [0.15, 0.2) is 0 Å². The zero-order valence-corrected chi connectivity index (χ0v) is 9.31. The molecule has 0 aliphatic heterocycles. The quantitative estimate of drug-likeness (QED) is 0.625. The molecule has 1 fully saturated rings. The van der Waals surface area contributed by atoms with E-state index in [1.807, 2.05) is 0 Å². The molecule has 0 amide bonds. The van der Waals surface area contributed by atoms with E-state index in [0.717, 1.165) is 26.0 Å². The summed E-state index contributed by atoms with van der Waals surface area (Å²) in [6.45, 7) is 4.04. The molecule has 0 saturated heterocycles. The Balaban J connectivity index is 2.20. The van der Waals surface area contributed by atoms with Crippen molar-refractivity contribution in [2.45, 2.75) is 38.6 Å². The highest BCUT2D eigenvalue weighted by atomic mass is 16.5. The number of rotatable bonds is 7. The molecule has 0 heterocycles. The Hall–Kier alpha value is -0.520. The first kappa shape index (κ1) is 11.6. The zero-order valence-electron chi connectivity index (χ0n) is 9.31. The van der Waals surface area contributed by atoms with Crippen molar-refractivity contribution in [2.24, 2.45) is 5.41 Å². The summed E-state index contributed by atoms with van der Waals surface area (Å²) < 4.78 is 5.11. The predicted octanol–water partition coefficient (Wildman–Crippen LogP) is 1.80. The van der Waals surface area contributed by atoms with Gasteiger partial charge >= 0.3 is 0 Å². The summed E-state index contributed by atoms with van der Waals surface area (Å²) in [6.07, 6.45) is 10.2. The molecule has 1 aliphatic rings. The molecule has 0 radical (unpaired) electrons. The van der Waals surface area contributed by atoms with Gasteiger partial charge in [-0.3, -0.25) is 0 Å². The maximum absolute atomic E-state index is 5.40. The molecular formula is C12H21NO. The van der Waals surface area contributed by atoms with Gasteiger partial charge in [-0.15, -0.1) is 6.42 Å². The second-order valence-corrected chi connectivity index (χ2v) is 4.25. The fourth-order valence-corrected chi connectivity index (χ4v) is 1.67. The van der Waals surface area contributed by atoms with Gasteiger partial charge in [0.15, 0.2) is 0 Å². The maximum atomic E-state index is 5.40. The van der Waals surface area contributed by atoms with Crippen LogP contribution in [0, 0.1) is 17.8 Å². The minimum absolute atomic E-state index is 0.245. The highest BCUT2D eigenvalue weighted by Crippen LogP contribution is 2.48. The fraction of sp³-hybridized carbons (Fsp3) is 0.833. The number of nitrogens with one attached hydrogen (secondary N) is 1. The van der Waals surface area contributed by atoms with Crippen molar-refractivity contribution in [2.75, 3.05) is 20.3 Å². The number of terminal acetylenes is 1. The van der Waals surface area contributed by atoms with Crippen molar-refractivity contribution in [1.29, 1.82) is 0 Å². The van der Waals surface area contributed by atoms with Crippen molar-refractivity contribution in [3.63, 3.8) is 0 Å². The molecule has 80 valence electrons. The molecular weight excluding hydrogens is 174 g/mol. The number of ether oxygens (including phenoxy) is 1. The van der Waals surface area contributed by atoms with Crippen LogP contribution in [0.25, 0.3) is 0 Å². The van der Waals surface area contributed by atoms with E-state index in [2.05, 4.69) is 18.2 Å². The van der Waals surface area contributed by atoms with E-state index in [-0.39, 0.29) is 6.04 Å². The lowest BCUT2D eigenvalue weighted by Crippen LogP contribution is -2.33. The van der Waals surface area contributed by atoms with Crippen LogP contribution in [-0.4, -0.2) is 26.3 Å². The summed E-state index contributed by atoms with van der Waals surface area (Å²) in [6, 6.07) is 0.245. The Morgan fingerprint density at radius 1 is 1.57 bits per heavy atom. The third kappa shape index (κ3) is 3.32. The average Bonchev–Trinajstić information content (AvgIpc) is 2.97. The van der Waals surface area contributed by atoms with E-state index < -0.39 is 0 Å². The molecule has 1 saturated carbocycles. The fourth-order valence-electron chi connectivity index (χ4n) is 1.67. The number of hydrogen-bond acceptors (Lipinski definition) is 2. The Labute approximate surface area is 87.4 Å². The number of methoxy groups -OCH3 is 1. The van der Waals surface area contributed by atoms with Gasteiger partial charge in [0.1, 0.15) is 0 Å². The first-order valence-corrected chi connectivity index (χ1v) is 5.45. The van der Waals surface area contributed by atoms with Crippen LogP contribution >= 0.6 is 0 Å². The summed E-state index contributed by atoms with van der Waals surface area (Å²) in [4.78, 5) is 0. The second kappa shape index (κ2) is 5.38. The lowest BCUT2D eigenvalue weighted by atomic mass is 10.0. The van der Waals surface area contributed by atoms with Gasteiger partial charge in [-0.1, -0.05) is 12.8 Å². The van der Waals surface area contributed by atoms with Gasteiger partial charge in [0.05, 0.1) is 6.04 Å². The van der Waals surface area contributed by atoms with Crippen molar-refractivity contribution in [3.05, 3.63) is 0 Å². The molecule has 1 aliphatic carbocycles. The van der Waals surface area contributed by atoms with Crippen molar-refractivity contribution in [1.82, 2.24) is 5.32 Å². The summed E-state index contributed by atoms with van der Waals surface area (Å²) in [7, 11) is 1.76. The molecule has 0 spiro atoms. The van der Waals surface area contributed by atoms with Gasteiger partial charge in [-0.25, -0.2) is 0 Å². The molecule has 2 heteroatoms. The molecule has 1 N–H and O–H groups in total. The zero-order chi connectivity index (χ0) is 10.4. The van der Waals surface area contributed by atoms with Crippen molar-refractivity contribution >= 4 is 0 Å². The van der Waals surface area contributed by atoms with E-state index in [0.29, 0.717) is 5.41 Å². The molecule has 0 aromatic heterocycles. The highest BCUT2D eigenvalue weighted by molar-refractivity contribution is 5.01. The average molecular weight is 195 g/mol. The van der Waals surface area contributed by atoms with E-state index in [1.165, 1.54) is 12.8 Å². The van der Waals surface area contributed by atoms with Gasteiger partial charge < -0.3 is 10.1 Å². The minimum Gasteiger partial charge on any atom is -0.385 e. The number of hydrogen-bond donors (Lipinski definition) is 1. The predicted molar refractivity (Wildman–Crippen MR) is 59.1 cm³/mol. The van der Waals surface area contributed by atoms with Crippen LogP contribution < -0.4 is 5.32 Å². The van der Waals surface area contributed by atoms with Gasteiger partial charge in [0.25, 0.3) is 0 Å². The van der Waals surface area contributed by atoms with Gasteiger partial charge in [0, 0.05) is 20.3 Å². The molecule has 14 heavy (non-hydrogen) atoms. The minimum atomic E-state index is 0.245. The van der Waals surface area contributed by atoms with Gasteiger partial charge in [-0.2, -0.15) is 0 Å². The first-order chi connectivity index (χ1) is 6.76. The van der Waals surface area contributed by atoms with Crippen LogP contribution in [0.3, 0.4) is 0 Å². The molecule has 2 nitrogen and oxygen atoms in total. The molecule has 1 unspecified atom stereocenters. The normalized spacial score (nSPS) is 20.1.